The number of guanidine groups is 1. The van der Waals surface area contributed by atoms with Gasteiger partial charge >= 0.3 is 0 Å². The maximum Gasteiger partial charge on any atom is 0.191 e. The number of piperidine rings is 1. The van der Waals surface area contributed by atoms with E-state index in [1.54, 1.807) is 0 Å². The van der Waals surface area contributed by atoms with Crippen molar-refractivity contribution in [2.24, 2.45) is 4.99 Å². The highest BCUT2D eigenvalue weighted by Gasteiger charge is 2.42. The van der Waals surface area contributed by atoms with Crippen LogP contribution in [0.2, 0.25) is 0 Å². The Morgan fingerprint density at radius 2 is 1.77 bits per heavy atom. The summed E-state index contributed by atoms with van der Waals surface area (Å²) in [6.07, 6.45) is 2.67. The highest BCUT2D eigenvalue weighted by atomic mass is 127. The summed E-state index contributed by atoms with van der Waals surface area (Å²) in [5.74, 6) is 0.673. The number of anilines is 1. The van der Waals surface area contributed by atoms with Crippen LogP contribution in [0.4, 0.5) is 14.6 Å². The summed E-state index contributed by atoms with van der Waals surface area (Å²) in [5.41, 5.74) is 1.21. The highest BCUT2D eigenvalue weighted by molar-refractivity contribution is 14.0. The molecule has 168 valence electrons. The fraction of sp³-hybridized carbons (Fsp3) is 0.478. The van der Waals surface area contributed by atoms with Gasteiger partial charge in [-0.2, -0.15) is 0 Å². The van der Waals surface area contributed by atoms with E-state index >= 15 is 0 Å². The zero-order valence-electron chi connectivity index (χ0n) is 17.9. The molecule has 2 fully saturated rings. The van der Waals surface area contributed by atoms with Gasteiger partial charge < -0.3 is 15.5 Å². The fourth-order valence-electron chi connectivity index (χ4n) is 4.16. The maximum absolute atomic E-state index is 14.1. The zero-order chi connectivity index (χ0) is 21.1. The van der Waals surface area contributed by atoms with Crippen LogP contribution in [0.1, 0.15) is 43.4 Å². The minimum absolute atomic E-state index is 0. The second-order valence-corrected chi connectivity index (χ2v) is 8.09. The lowest BCUT2D eigenvalue weighted by molar-refractivity contribution is 0.458. The van der Waals surface area contributed by atoms with E-state index in [-0.39, 0.29) is 41.5 Å². The minimum atomic E-state index is -0.469. The number of hydrogen-bond acceptors (Lipinski definition) is 3. The molecule has 0 radical (unpaired) electrons. The van der Waals surface area contributed by atoms with E-state index in [9.17, 15) is 8.78 Å². The molecule has 2 atom stereocenters. The van der Waals surface area contributed by atoms with E-state index < -0.39 is 11.6 Å². The molecule has 8 heteroatoms. The van der Waals surface area contributed by atoms with Crippen molar-refractivity contribution < 1.29 is 8.78 Å². The number of halogens is 3. The molecule has 0 bridgehead atoms. The number of benzene rings is 1. The molecule has 2 aliphatic rings. The van der Waals surface area contributed by atoms with E-state index in [0.717, 1.165) is 43.4 Å². The third-order valence-corrected chi connectivity index (χ3v) is 5.83. The molecule has 2 aromatic rings. The molecule has 0 spiro atoms. The Bertz CT molecular complexity index is 894. The van der Waals surface area contributed by atoms with Crippen molar-refractivity contribution in [3.8, 4) is 0 Å². The van der Waals surface area contributed by atoms with Gasteiger partial charge in [0.05, 0.1) is 0 Å². The number of rotatable bonds is 5. The van der Waals surface area contributed by atoms with Crippen molar-refractivity contribution in [3.63, 3.8) is 0 Å². The van der Waals surface area contributed by atoms with Crippen LogP contribution in [-0.4, -0.2) is 42.7 Å². The quantitative estimate of drug-likeness (QED) is 0.336. The molecule has 1 aromatic carbocycles. The van der Waals surface area contributed by atoms with Gasteiger partial charge in [0.15, 0.2) is 5.96 Å². The van der Waals surface area contributed by atoms with E-state index in [0.29, 0.717) is 19.0 Å². The largest absolute Gasteiger partial charge is 0.356 e. The van der Waals surface area contributed by atoms with Gasteiger partial charge in [0.1, 0.15) is 17.5 Å². The number of aliphatic imine (C=N–C) groups is 1. The van der Waals surface area contributed by atoms with Gasteiger partial charge in [-0.25, -0.2) is 13.8 Å². The molecular formula is C23H30F2IN5. The Balaban J connectivity index is 0.00000272. The molecule has 2 unspecified atom stereocenters. The van der Waals surface area contributed by atoms with E-state index in [1.807, 2.05) is 26.0 Å². The van der Waals surface area contributed by atoms with Gasteiger partial charge in [0.2, 0.25) is 0 Å². The van der Waals surface area contributed by atoms with Crippen LogP contribution in [0, 0.1) is 18.6 Å². The van der Waals surface area contributed by atoms with Crippen molar-refractivity contribution in [3.05, 3.63) is 59.3 Å². The number of nitrogens with zero attached hydrogens (tertiary/aromatic N) is 3. The van der Waals surface area contributed by atoms with Gasteiger partial charge in [-0.1, -0.05) is 12.1 Å². The molecule has 1 aliphatic heterocycles. The van der Waals surface area contributed by atoms with Crippen molar-refractivity contribution in [1.82, 2.24) is 15.6 Å². The van der Waals surface area contributed by atoms with Gasteiger partial charge in [0, 0.05) is 48.9 Å². The SMILES string of the molecule is CCN=C(NC1CCN(c2cccc(C)n2)CC1)NC1CC1c1c(F)cccc1F.I. The maximum atomic E-state index is 14.1. The first kappa shape index (κ1) is 23.7. The monoisotopic (exact) mass is 541 g/mol. The van der Waals surface area contributed by atoms with E-state index in [1.165, 1.54) is 18.2 Å². The van der Waals surface area contributed by atoms with Crippen LogP contribution in [0.15, 0.2) is 41.4 Å². The third kappa shape index (κ3) is 5.84. The Morgan fingerprint density at radius 1 is 1.10 bits per heavy atom. The minimum Gasteiger partial charge on any atom is -0.356 e. The van der Waals surface area contributed by atoms with Gasteiger partial charge in [-0.05, 0) is 57.4 Å². The number of hydrogen-bond donors (Lipinski definition) is 2. The van der Waals surface area contributed by atoms with E-state index in [2.05, 4.69) is 31.6 Å². The molecular weight excluding hydrogens is 511 g/mol. The first-order valence-electron chi connectivity index (χ1n) is 10.7. The standard InChI is InChI=1S/C23H29F2N5.HI/c1-3-26-23(29-20-14-17(20)22-18(24)7-5-8-19(22)25)28-16-10-12-30(13-11-16)21-9-4-6-15(2)27-21;/h4-9,16-17,20H,3,10-14H2,1-2H3,(H2,26,28,29);1H. The average molecular weight is 541 g/mol. The van der Waals surface area contributed by atoms with Crippen molar-refractivity contribution in [1.29, 1.82) is 0 Å². The summed E-state index contributed by atoms with van der Waals surface area (Å²) >= 11 is 0. The second-order valence-electron chi connectivity index (χ2n) is 8.09. The molecule has 4 rings (SSSR count). The van der Waals surface area contributed by atoms with Crippen LogP contribution in [-0.2, 0) is 0 Å². The third-order valence-electron chi connectivity index (χ3n) is 5.83. The lowest BCUT2D eigenvalue weighted by atomic mass is 10.1. The summed E-state index contributed by atoms with van der Waals surface area (Å²) in [6.45, 7) is 6.50. The molecule has 0 amide bonds. The topological polar surface area (TPSA) is 52.6 Å². The summed E-state index contributed by atoms with van der Waals surface area (Å²) in [7, 11) is 0. The Morgan fingerprint density at radius 3 is 2.42 bits per heavy atom. The first-order chi connectivity index (χ1) is 14.5. The number of pyridine rings is 1. The van der Waals surface area contributed by atoms with Crippen molar-refractivity contribution in [2.75, 3.05) is 24.5 Å². The second kappa shape index (κ2) is 10.6. The molecule has 2 N–H and O–H groups in total. The van der Waals surface area contributed by atoms with Crippen molar-refractivity contribution >= 4 is 35.8 Å². The molecule has 1 aromatic heterocycles. The molecule has 1 saturated heterocycles. The van der Waals surface area contributed by atoms with Crippen LogP contribution >= 0.6 is 24.0 Å². The molecule has 31 heavy (non-hydrogen) atoms. The van der Waals surface area contributed by atoms with E-state index in [4.69, 9.17) is 0 Å². The summed E-state index contributed by atoms with van der Waals surface area (Å²) in [6, 6.07) is 10.5. The molecule has 2 heterocycles. The molecule has 5 nitrogen and oxygen atoms in total. The Hall–Kier alpha value is -1.97. The summed E-state index contributed by atoms with van der Waals surface area (Å²) in [5, 5.41) is 6.89. The smallest absolute Gasteiger partial charge is 0.191 e. The van der Waals surface area contributed by atoms with Crippen LogP contribution in [0.5, 0.6) is 0 Å². The van der Waals surface area contributed by atoms with Crippen molar-refractivity contribution in [2.45, 2.75) is 51.1 Å². The average Bonchev–Trinajstić information content (AvgIpc) is 3.47. The number of aromatic nitrogens is 1. The molecule has 1 saturated carbocycles. The number of nitrogens with one attached hydrogen (secondary N) is 2. The van der Waals surface area contributed by atoms with Crippen LogP contribution in [0.3, 0.4) is 0 Å². The summed E-state index contributed by atoms with van der Waals surface area (Å²) < 4.78 is 28.1. The Labute approximate surface area is 199 Å². The highest BCUT2D eigenvalue weighted by Crippen LogP contribution is 2.43. The number of aryl methyl sites for hydroxylation is 1. The fourth-order valence-corrected chi connectivity index (χ4v) is 4.16. The van der Waals surface area contributed by atoms with Crippen LogP contribution in [0.25, 0.3) is 0 Å². The normalized spacial score (nSPS) is 21.4. The molecule has 1 aliphatic carbocycles. The van der Waals surface area contributed by atoms with Gasteiger partial charge in [0.25, 0.3) is 0 Å². The predicted octanol–water partition coefficient (Wildman–Crippen LogP) is 4.37. The zero-order valence-corrected chi connectivity index (χ0v) is 20.3. The van der Waals surface area contributed by atoms with Gasteiger partial charge in [-0.15, -0.1) is 24.0 Å². The summed E-state index contributed by atoms with van der Waals surface area (Å²) in [4.78, 5) is 11.5. The van der Waals surface area contributed by atoms with Crippen LogP contribution < -0.4 is 15.5 Å². The lowest BCUT2D eigenvalue weighted by Crippen LogP contribution is -2.49. The lowest BCUT2D eigenvalue weighted by Gasteiger charge is -2.34. The Kier molecular flexibility index (Phi) is 8.07. The predicted molar refractivity (Wildman–Crippen MR) is 131 cm³/mol. The van der Waals surface area contributed by atoms with Gasteiger partial charge in [-0.3, -0.25) is 4.99 Å². The first-order valence-corrected chi connectivity index (χ1v) is 10.7.